The first-order chi connectivity index (χ1) is 15.5. The van der Waals surface area contributed by atoms with E-state index in [0.29, 0.717) is 16.4 Å². The van der Waals surface area contributed by atoms with E-state index >= 15 is 0 Å². The molecule has 6 nitrogen and oxygen atoms in total. The average molecular weight is 443 g/mol. The first-order valence-electron chi connectivity index (χ1n) is 10.1. The number of hydrogen-bond donors (Lipinski definition) is 1. The number of carbonyl (C=O) groups excluding carboxylic acids is 2. The van der Waals surface area contributed by atoms with Gasteiger partial charge < -0.3 is 5.32 Å². The smallest absolute Gasteiger partial charge is 0.234 e. The molecule has 0 fully saturated rings. The van der Waals surface area contributed by atoms with Crippen LogP contribution >= 0.6 is 11.8 Å². The van der Waals surface area contributed by atoms with Gasteiger partial charge >= 0.3 is 0 Å². The SMILES string of the molecule is CC(=O)c1ccc(NC(=O)CSc2nnc(-c3ccccc3)n2-c2cccc(C)c2)cc1. The van der Waals surface area contributed by atoms with Crippen LogP contribution in [0.15, 0.2) is 84.0 Å². The third kappa shape index (κ3) is 4.95. The van der Waals surface area contributed by atoms with E-state index in [4.69, 9.17) is 0 Å². The Labute approximate surface area is 190 Å². The van der Waals surface area contributed by atoms with Crippen LogP contribution in [0, 0.1) is 6.92 Å². The van der Waals surface area contributed by atoms with Gasteiger partial charge in [-0.3, -0.25) is 14.2 Å². The first-order valence-corrected chi connectivity index (χ1v) is 11.1. The number of ketones is 1. The zero-order valence-electron chi connectivity index (χ0n) is 17.8. The summed E-state index contributed by atoms with van der Waals surface area (Å²) >= 11 is 1.32. The lowest BCUT2D eigenvalue weighted by atomic mass is 10.1. The molecule has 0 aliphatic rings. The second-order valence-electron chi connectivity index (χ2n) is 7.32. The van der Waals surface area contributed by atoms with Crippen molar-refractivity contribution in [2.24, 2.45) is 0 Å². The van der Waals surface area contributed by atoms with E-state index in [1.807, 2.05) is 60.0 Å². The highest BCUT2D eigenvalue weighted by molar-refractivity contribution is 7.99. The van der Waals surface area contributed by atoms with Gasteiger partial charge in [-0.2, -0.15) is 0 Å². The summed E-state index contributed by atoms with van der Waals surface area (Å²) in [6.07, 6.45) is 0. The predicted molar refractivity (Wildman–Crippen MR) is 127 cm³/mol. The Kier molecular flexibility index (Phi) is 6.47. The quantitative estimate of drug-likeness (QED) is 0.315. The Morgan fingerprint density at radius 3 is 2.38 bits per heavy atom. The molecule has 160 valence electrons. The van der Waals surface area contributed by atoms with Crippen LogP contribution in [0.4, 0.5) is 5.69 Å². The van der Waals surface area contributed by atoms with Crippen LogP contribution in [-0.2, 0) is 4.79 Å². The summed E-state index contributed by atoms with van der Waals surface area (Å²) in [5.41, 5.74) is 4.26. The number of nitrogens with one attached hydrogen (secondary N) is 1. The summed E-state index contributed by atoms with van der Waals surface area (Å²) in [4.78, 5) is 23.9. The topological polar surface area (TPSA) is 76.9 Å². The van der Waals surface area contributed by atoms with Gasteiger partial charge in [0.25, 0.3) is 0 Å². The Bertz CT molecular complexity index is 1250. The van der Waals surface area contributed by atoms with Crippen LogP contribution < -0.4 is 5.32 Å². The number of Topliss-reactive ketones (excluding diaryl/α,β-unsaturated/α-hetero) is 1. The number of anilines is 1. The van der Waals surface area contributed by atoms with Crippen LogP contribution in [0.3, 0.4) is 0 Å². The maximum Gasteiger partial charge on any atom is 0.234 e. The number of amides is 1. The summed E-state index contributed by atoms with van der Waals surface area (Å²) < 4.78 is 1.97. The molecule has 0 unspecified atom stereocenters. The van der Waals surface area contributed by atoms with Crippen molar-refractivity contribution in [1.29, 1.82) is 0 Å². The zero-order chi connectivity index (χ0) is 22.5. The molecular formula is C25H22N4O2S. The van der Waals surface area contributed by atoms with Crippen molar-refractivity contribution in [3.05, 3.63) is 90.0 Å². The lowest BCUT2D eigenvalue weighted by Gasteiger charge is -2.11. The fourth-order valence-corrected chi connectivity index (χ4v) is 4.00. The third-order valence-corrected chi connectivity index (χ3v) is 5.76. The molecule has 4 aromatic rings. The minimum Gasteiger partial charge on any atom is -0.325 e. The van der Waals surface area contributed by atoms with E-state index < -0.39 is 0 Å². The van der Waals surface area contributed by atoms with Gasteiger partial charge in [-0.25, -0.2) is 0 Å². The Morgan fingerprint density at radius 1 is 0.938 bits per heavy atom. The Hall–Kier alpha value is -3.71. The molecule has 3 aromatic carbocycles. The molecule has 4 rings (SSSR count). The van der Waals surface area contributed by atoms with Gasteiger partial charge in [0, 0.05) is 22.5 Å². The lowest BCUT2D eigenvalue weighted by Crippen LogP contribution is -2.14. The molecule has 0 bridgehead atoms. The Morgan fingerprint density at radius 2 is 1.69 bits per heavy atom. The van der Waals surface area contributed by atoms with Gasteiger partial charge in [-0.1, -0.05) is 54.2 Å². The van der Waals surface area contributed by atoms with Gasteiger partial charge in [0.1, 0.15) is 0 Å². The number of hydrogen-bond acceptors (Lipinski definition) is 5. The molecule has 32 heavy (non-hydrogen) atoms. The van der Waals surface area contributed by atoms with Crippen molar-refractivity contribution in [2.45, 2.75) is 19.0 Å². The van der Waals surface area contributed by atoms with E-state index in [1.165, 1.54) is 18.7 Å². The van der Waals surface area contributed by atoms with E-state index in [-0.39, 0.29) is 17.4 Å². The van der Waals surface area contributed by atoms with Crippen molar-refractivity contribution in [3.8, 4) is 17.1 Å². The first kappa shape index (κ1) is 21.5. The predicted octanol–water partition coefficient (Wildman–Crippen LogP) is 5.18. The van der Waals surface area contributed by atoms with Crippen LogP contribution in [0.25, 0.3) is 17.1 Å². The molecule has 0 aliphatic heterocycles. The number of aromatic nitrogens is 3. The van der Waals surface area contributed by atoms with Crippen molar-refractivity contribution < 1.29 is 9.59 Å². The van der Waals surface area contributed by atoms with Gasteiger partial charge in [0.05, 0.1) is 5.75 Å². The van der Waals surface area contributed by atoms with E-state index in [1.54, 1.807) is 24.3 Å². The van der Waals surface area contributed by atoms with Crippen LogP contribution in [0.5, 0.6) is 0 Å². The lowest BCUT2D eigenvalue weighted by molar-refractivity contribution is -0.113. The minimum absolute atomic E-state index is 0.0110. The molecule has 0 radical (unpaired) electrons. The Balaban J connectivity index is 1.55. The molecule has 1 N–H and O–H groups in total. The number of rotatable bonds is 7. The van der Waals surface area contributed by atoms with Crippen LogP contribution in [-0.4, -0.2) is 32.2 Å². The fraction of sp³-hybridized carbons (Fsp3) is 0.120. The second-order valence-corrected chi connectivity index (χ2v) is 8.26. The summed E-state index contributed by atoms with van der Waals surface area (Å²) in [5, 5.41) is 12.3. The highest BCUT2D eigenvalue weighted by Gasteiger charge is 2.17. The second kappa shape index (κ2) is 9.62. The zero-order valence-corrected chi connectivity index (χ0v) is 18.6. The summed E-state index contributed by atoms with van der Waals surface area (Å²) in [6, 6.07) is 24.8. The standard InChI is InChI=1S/C25H22N4O2S/c1-17-7-6-10-22(15-17)29-24(20-8-4-3-5-9-20)27-28-25(29)32-16-23(31)26-21-13-11-19(12-14-21)18(2)30/h3-15H,16H2,1-2H3,(H,26,31). The molecular weight excluding hydrogens is 420 g/mol. The van der Waals surface area contributed by atoms with Crippen molar-refractivity contribution in [3.63, 3.8) is 0 Å². The fourth-order valence-electron chi connectivity index (χ4n) is 3.25. The van der Waals surface area contributed by atoms with E-state index in [2.05, 4.69) is 21.6 Å². The number of aryl methyl sites for hydroxylation is 1. The van der Waals surface area contributed by atoms with Gasteiger partial charge in [0.15, 0.2) is 16.8 Å². The van der Waals surface area contributed by atoms with Crippen molar-refractivity contribution >= 4 is 29.1 Å². The molecule has 0 saturated heterocycles. The number of carbonyl (C=O) groups is 2. The maximum absolute atomic E-state index is 12.5. The molecule has 1 heterocycles. The number of nitrogens with zero attached hydrogens (tertiary/aromatic N) is 3. The minimum atomic E-state index is -0.161. The molecule has 1 aromatic heterocycles. The van der Waals surface area contributed by atoms with Crippen molar-refractivity contribution in [2.75, 3.05) is 11.1 Å². The normalized spacial score (nSPS) is 10.7. The summed E-state index contributed by atoms with van der Waals surface area (Å²) in [7, 11) is 0. The molecule has 0 atom stereocenters. The third-order valence-electron chi connectivity index (χ3n) is 4.83. The van der Waals surface area contributed by atoms with Crippen LogP contribution in [0.2, 0.25) is 0 Å². The van der Waals surface area contributed by atoms with Gasteiger partial charge in [-0.15, -0.1) is 10.2 Å². The molecule has 1 amide bonds. The monoisotopic (exact) mass is 442 g/mol. The summed E-state index contributed by atoms with van der Waals surface area (Å²) in [5.74, 6) is 0.723. The molecule has 0 spiro atoms. The van der Waals surface area contributed by atoms with Crippen molar-refractivity contribution in [1.82, 2.24) is 14.8 Å². The number of thioether (sulfide) groups is 1. The number of benzene rings is 3. The molecule has 0 aliphatic carbocycles. The highest BCUT2D eigenvalue weighted by Crippen LogP contribution is 2.28. The van der Waals surface area contributed by atoms with E-state index in [0.717, 1.165) is 22.6 Å². The van der Waals surface area contributed by atoms with Crippen LogP contribution in [0.1, 0.15) is 22.8 Å². The molecule has 7 heteroatoms. The average Bonchev–Trinajstić information content (AvgIpc) is 3.23. The maximum atomic E-state index is 12.5. The van der Waals surface area contributed by atoms with Gasteiger partial charge in [-0.05, 0) is 55.8 Å². The van der Waals surface area contributed by atoms with Gasteiger partial charge in [0.2, 0.25) is 5.91 Å². The summed E-state index contributed by atoms with van der Waals surface area (Å²) in [6.45, 7) is 3.55. The largest absolute Gasteiger partial charge is 0.325 e. The molecule has 0 saturated carbocycles. The highest BCUT2D eigenvalue weighted by atomic mass is 32.2. The van der Waals surface area contributed by atoms with E-state index in [9.17, 15) is 9.59 Å².